The lowest BCUT2D eigenvalue weighted by Crippen LogP contribution is -2.94. The van der Waals surface area contributed by atoms with E-state index in [2.05, 4.69) is 17.6 Å². The second-order valence-electron chi connectivity index (χ2n) is 13.9. The molecule has 246 valence electrons. The van der Waals surface area contributed by atoms with Crippen LogP contribution in [0.25, 0.3) is 0 Å². The molecule has 10 nitrogen and oxygen atoms in total. The predicted octanol–water partition coefficient (Wildman–Crippen LogP) is 0.0125. The van der Waals surface area contributed by atoms with Crippen molar-refractivity contribution in [3.63, 3.8) is 0 Å². The first-order chi connectivity index (χ1) is 20.3. The molecule has 2 aliphatic carbocycles. The number of methoxy groups -OCH3 is 2. The fraction of sp³-hybridized carbons (Fsp3) is 1.00. The van der Waals surface area contributed by atoms with Crippen LogP contribution in [0.1, 0.15) is 90.4 Å². The van der Waals surface area contributed by atoms with Gasteiger partial charge in [-0.05, 0) is 95.3 Å². The molecule has 4 fully saturated rings. The van der Waals surface area contributed by atoms with Crippen molar-refractivity contribution in [3.05, 3.63) is 0 Å². The minimum absolute atomic E-state index is 0.0212. The van der Waals surface area contributed by atoms with Crippen molar-refractivity contribution in [1.82, 2.24) is 0 Å². The summed E-state index contributed by atoms with van der Waals surface area (Å²) in [5.41, 5.74) is 6.18. The third kappa shape index (κ3) is 10.1. The van der Waals surface area contributed by atoms with Crippen LogP contribution in [0.2, 0.25) is 0 Å². The van der Waals surface area contributed by atoms with Crippen LogP contribution in [0.4, 0.5) is 0 Å². The topological polar surface area (TPSA) is 157 Å². The van der Waals surface area contributed by atoms with Crippen LogP contribution in [0.3, 0.4) is 0 Å². The van der Waals surface area contributed by atoms with Gasteiger partial charge < -0.3 is 44.9 Å². The highest BCUT2D eigenvalue weighted by molar-refractivity contribution is 4.93. The van der Waals surface area contributed by atoms with Gasteiger partial charge in [0, 0.05) is 27.1 Å². The normalized spacial score (nSPS) is 42.4. The minimum atomic E-state index is -0.667. The molecule has 13 atom stereocenters. The van der Waals surface area contributed by atoms with Crippen LogP contribution in [0.15, 0.2) is 0 Å². The smallest absolute Gasteiger partial charge is 0.137 e. The molecule has 4 rings (SSSR count). The quantitative estimate of drug-likeness (QED) is 0.163. The lowest BCUT2D eigenvalue weighted by atomic mass is 9.77. The van der Waals surface area contributed by atoms with Gasteiger partial charge in [-0.3, -0.25) is 5.73 Å². The summed E-state index contributed by atoms with van der Waals surface area (Å²) in [5.74, 6) is 1.37. The second-order valence-corrected chi connectivity index (χ2v) is 13.9. The van der Waals surface area contributed by atoms with Gasteiger partial charge in [0.15, 0.2) is 0 Å². The Morgan fingerprint density at radius 2 is 1.64 bits per heavy atom. The number of likely N-dealkylation sites (N-methyl/N-ethyl adjacent to an activating group) is 1. The van der Waals surface area contributed by atoms with E-state index in [1.54, 1.807) is 14.2 Å². The van der Waals surface area contributed by atoms with Crippen molar-refractivity contribution >= 4 is 0 Å². The van der Waals surface area contributed by atoms with Gasteiger partial charge >= 0.3 is 0 Å². The largest absolute Gasteiger partial charge is 0.393 e. The highest BCUT2D eigenvalue weighted by atomic mass is 16.5. The maximum Gasteiger partial charge on any atom is 0.137 e. The van der Waals surface area contributed by atoms with Crippen molar-refractivity contribution in [2.75, 3.05) is 33.9 Å². The first-order valence-corrected chi connectivity index (χ1v) is 17.1. The number of aliphatic hydroxyl groups is 3. The lowest BCUT2D eigenvalue weighted by Gasteiger charge is -2.44. The molecule has 4 aliphatic rings. The van der Waals surface area contributed by atoms with Gasteiger partial charge in [-0.25, -0.2) is 0 Å². The van der Waals surface area contributed by atoms with Gasteiger partial charge in [-0.2, -0.15) is 0 Å². The van der Waals surface area contributed by atoms with E-state index in [-0.39, 0.29) is 54.8 Å². The molecule has 2 saturated carbocycles. The average molecular weight is 602 g/mol. The molecule has 10 heteroatoms. The Hall–Kier alpha value is -0.400. The van der Waals surface area contributed by atoms with E-state index in [4.69, 9.17) is 24.7 Å². The van der Waals surface area contributed by atoms with Gasteiger partial charge in [0.2, 0.25) is 0 Å². The van der Waals surface area contributed by atoms with Gasteiger partial charge in [0.25, 0.3) is 0 Å². The average Bonchev–Trinajstić information content (AvgIpc) is 2.98. The van der Waals surface area contributed by atoms with Crippen molar-refractivity contribution in [1.29, 1.82) is 0 Å². The zero-order valence-corrected chi connectivity index (χ0v) is 26.5. The molecule has 0 bridgehead atoms. The molecule has 2 aliphatic heterocycles. The number of piperidine rings is 1. The number of quaternary nitrogens is 2. The summed E-state index contributed by atoms with van der Waals surface area (Å²) in [4.78, 5) is 0. The molecule has 0 spiro atoms. The summed E-state index contributed by atoms with van der Waals surface area (Å²) < 4.78 is 24.4. The maximum absolute atomic E-state index is 11.1. The summed E-state index contributed by atoms with van der Waals surface area (Å²) in [6, 6.07) is 0.362. The maximum atomic E-state index is 11.1. The van der Waals surface area contributed by atoms with Crippen molar-refractivity contribution in [2.45, 2.75) is 151 Å². The van der Waals surface area contributed by atoms with Gasteiger partial charge in [-0.15, -0.1) is 0 Å². The fourth-order valence-electron chi connectivity index (χ4n) is 8.27. The summed E-state index contributed by atoms with van der Waals surface area (Å²) >= 11 is 0. The molecule has 9 N–H and O–H groups in total. The highest BCUT2D eigenvalue weighted by Gasteiger charge is 2.44. The number of nitrogens with two attached hydrogens (primary N) is 3. The van der Waals surface area contributed by atoms with E-state index in [9.17, 15) is 15.3 Å². The van der Waals surface area contributed by atoms with Crippen LogP contribution in [0.5, 0.6) is 0 Å². The Bertz CT molecular complexity index is 766. The monoisotopic (exact) mass is 601 g/mol. The zero-order valence-electron chi connectivity index (χ0n) is 26.5. The van der Waals surface area contributed by atoms with Crippen LogP contribution >= 0.6 is 0 Å². The van der Waals surface area contributed by atoms with Crippen LogP contribution in [0, 0.1) is 17.8 Å². The van der Waals surface area contributed by atoms with Crippen LogP contribution in [-0.2, 0) is 18.9 Å². The van der Waals surface area contributed by atoms with Gasteiger partial charge in [-0.1, -0.05) is 0 Å². The third-order valence-corrected chi connectivity index (χ3v) is 10.8. The van der Waals surface area contributed by atoms with E-state index in [1.807, 2.05) is 0 Å². The number of hydrogen-bond donors (Lipinski definition) is 6. The lowest BCUT2D eigenvalue weighted by molar-refractivity contribution is -0.700. The molecular weight excluding hydrogens is 538 g/mol. The summed E-state index contributed by atoms with van der Waals surface area (Å²) in [5, 5.41) is 36.7. The molecule has 2 saturated heterocycles. The number of ether oxygens (including phenoxy) is 4. The van der Waals surface area contributed by atoms with E-state index in [0.29, 0.717) is 50.2 Å². The van der Waals surface area contributed by atoms with E-state index >= 15 is 0 Å². The number of aliphatic hydroxyl groups excluding tert-OH is 3. The Morgan fingerprint density at radius 1 is 0.881 bits per heavy atom. The molecule has 0 aromatic rings. The van der Waals surface area contributed by atoms with E-state index < -0.39 is 6.10 Å². The molecular formula is C32H63N3O7+2. The Kier molecular flexibility index (Phi) is 14.2. The summed E-state index contributed by atoms with van der Waals surface area (Å²) in [7, 11) is 3.35. The molecule has 9 unspecified atom stereocenters. The van der Waals surface area contributed by atoms with Crippen molar-refractivity contribution in [3.8, 4) is 0 Å². The van der Waals surface area contributed by atoms with Crippen molar-refractivity contribution < 1.29 is 44.9 Å². The fourth-order valence-corrected chi connectivity index (χ4v) is 8.27. The van der Waals surface area contributed by atoms with E-state index in [1.165, 1.54) is 12.8 Å². The van der Waals surface area contributed by atoms with Gasteiger partial charge in [0.05, 0.1) is 62.4 Å². The van der Waals surface area contributed by atoms with Crippen molar-refractivity contribution in [2.24, 2.45) is 23.5 Å². The van der Waals surface area contributed by atoms with E-state index in [0.717, 1.165) is 58.0 Å². The van der Waals surface area contributed by atoms with Crippen LogP contribution in [-0.4, -0.2) is 110 Å². The number of hydrogen-bond acceptors (Lipinski definition) is 8. The minimum Gasteiger partial charge on any atom is -0.393 e. The molecule has 0 amide bonds. The molecule has 0 aromatic carbocycles. The number of rotatable bonds is 14. The first-order valence-electron chi connectivity index (χ1n) is 17.1. The van der Waals surface area contributed by atoms with Crippen LogP contribution < -0.4 is 16.4 Å². The molecule has 0 aromatic heterocycles. The predicted molar refractivity (Wildman–Crippen MR) is 160 cm³/mol. The summed E-state index contributed by atoms with van der Waals surface area (Å²) in [6.07, 6.45) is 10.0. The Labute approximate surface area is 253 Å². The summed E-state index contributed by atoms with van der Waals surface area (Å²) in [6.45, 7) is 4.92. The Balaban J connectivity index is 1.29. The molecule has 42 heavy (non-hydrogen) atoms. The zero-order chi connectivity index (χ0) is 30.1. The standard InChI is InChI=1S/C32H61N3O7/c1-4-34-23(8-5-21-11-12-35-31(33)14-21)19-41-30-16-22(15-29(40-3)32(30)38)27-18-24(36)17-25(42-27)9-6-20-7-10-26(37)28(13-20)39-2/h20-32,34-38H,4-19,33H2,1-3H3/p+2/t20?,21?,22?,23-,24+,25+,26?,27-,28?,29?,30?,31?,32?/m1/s1. The molecule has 2 heterocycles. The highest BCUT2D eigenvalue weighted by Crippen LogP contribution is 2.38. The SMILES string of the molecule is CC[NH2+][C@H](CCC1CC[NH2+]C(N)C1)COC1CC([C@H]2C[C@@H](O)C[C@H](CCC3CCC(O)C(OC)C3)O2)CC(OC)C1O. The second kappa shape index (κ2) is 17.3. The third-order valence-electron chi connectivity index (χ3n) is 10.8. The Morgan fingerprint density at radius 3 is 2.38 bits per heavy atom. The first kappa shape index (κ1) is 34.5. The molecule has 0 radical (unpaired) electrons. The van der Waals surface area contributed by atoms with Gasteiger partial charge in [0.1, 0.15) is 18.3 Å².